The first-order valence-corrected chi connectivity index (χ1v) is 6.95. The Labute approximate surface area is 119 Å². The van der Waals surface area contributed by atoms with Crippen molar-refractivity contribution in [2.24, 2.45) is 0 Å². The Morgan fingerprint density at radius 1 is 1.40 bits per heavy atom. The van der Waals surface area contributed by atoms with Crippen LogP contribution in [0.4, 0.5) is 0 Å². The summed E-state index contributed by atoms with van der Waals surface area (Å²) >= 11 is 1.26. The third-order valence-corrected chi connectivity index (χ3v) is 4.11. The molecule has 20 heavy (non-hydrogen) atoms. The maximum absolute atomic E-state index is 11.0. The summed E-state index contributed by atoms with van der Waals surface area (Å²) in [5.74, 6) is -0.897. The number of hydrogen-bond donors (Lipinski definition) is 2. The number of aromatic carboxylic acids is 1. The Bertz CT molecular complexity index is 776. The van der Waals surface area contributed by atoms with Gasteiger partial charge in [0.1, 0.15) is 10.5 Å². The van der Waals surface area contributed by atoms with Gasteiger partial charge < -0.3 is 10.4 Å². The maximum atomic E-state index is 11.0. The highest BCUT2D eigenvalue weighted by Crippen LogP contribution is 2.28. The summed E-state index contributed by atoms with van der Waals surface area (Å²) in [6, 6.07) is 7.43. The van der Waals surface area contributed by atoms with Crippen molar-refractivity contribution in [1.29, 1.82) is 0 Å². The van der Waals surface area contributed by atoms with Crippen LogP contribution in [0.2, 0.25) is 0 Å². The molecule has 3 heterocycles. The van der Waals surface area contributed by atoms with Gasteiger partial charge in [0.15, 0.2) is 0 Å². The molecule has 2 N–H and O–H groups in total. The number of aromatic nitrogens is 2. The Morgan fingerprint density at radius 2 is 2.25 bits per heavy atom. The van der Waals surface area contributed by atoms with Gasteiger partial charge in [-0.15, -0.1) is 11.3 Å². The summed E-state index contributed by atoms with van der Waals surface area (Å²) in [4.78, 5) is 16.6. The van der Waals surface area contributed by atoms with E-state index in [1.807, 2.05) is 35.8 Å². The second-order valence-corrected chi connectivity index (χ2v) is 5.49. The molecule has 6 heteroatoms. The molecule has 0 aromatic carbocycles. The van der Waals surface area contributed by atoms with Crippen LogP contribution in [-0.2, 0) is 6.54 Å². The topological polar surface area (TPSA) is 66.6 Å². The van der Waals surface area contributed by atoms with Crippen molar-refractivity contribution in [1.82, 2.24) is 14.7 Å². The van der Waals surface area contributed by atoms with Gasteiger partial charge in [-0.1, -0.05) is 6.07 Å². The molecule has 0 atom stereocenters. The lowest BCUT2D eigenvalue weighted by Crippen LogP contribution is -2.05. The van der Waals surface area contributed by atoms with Gasteiger partial charge in [0.2, 0.25) is 0 Å². The predicted octanol–water partition coefficient (Wildman–Crippen LogP) is 2.48. The molecule has 0 aliphatic carbocycles. The lowest BCUT2D eigenvalue weighted by Gasteiger charge is -2.03. The van der Waals surface area contributed by atoms with E-state index < -0.39 is 5.97 Å². The Balaban J connectivity index is 2.09. The summed E-state index contributed by atoms with van der Waals surface area (Å²) < 4.78 is 1.99. The number of thiophene rings is 1. The summed E-state index contributed by atoms with van der Waals surface area (Å²) in [5, 5.41) is 12.1. The van der Waals surface area contributed by atoms with E-state index in [1.165, 1.54) is 11.3 Å². The molecule has 0 fully saturated rings. The number of fused-ring (bicyclic) bond motifs is 1. The highest BCUT2D eigenvalue weighted by atomic mass is 32.1. The zero-order chi connectivity index (χ0) is 14.1. The molecule has 3 rings (SSSR count). The van der Waals surface area contributed by atoms with Crippen LogP contribution in [0.5, 0.6) is 0 Å². The number of nitrogens with one attached hydrogen (secondary N) is 1. The molecule has 0 bridgehead atoms. The number of carboxylic acids is 1. The molecule has 0 unspecified atom stereocenters. The van der Waals surface area contributed by atoms with Gasteiger partial charge >= 0.3 is 5.97 Å². The first-order chi connectivity index (χ1) is 9.69. The van der Waals surface area contributed by atoms with Crippen molar-refractivity contribution < 1.29 is 9.90 Å². The number of hydrogen-bond acceptors (Lipinski definition) is 4. The number of imidazole rings is 1. The molecule has 0 radical (unpaired) electrons. The van der Waals surface area contributed by atoms with Gasteiger partial charge in [0.05, 0.1) is 16.8 Å². The molecule has 5 nitrogen and oxygen atoms in total. The zero-order valence-electron chi connectivity index (χ0n) is 10.8. The number of nitrogens with zero attached hydrogens (tertiary/aromatic N) is 2. The van der Waals surface area contributed by atoms with Crippen molar-refractivity contribution in [2.75, 3.05) is 7.05 Å². The third kappa shape index (κ3) is 2.19. The minimum absolute atomic E-state index is 0.335. The minimum Gasteiger partial charge on any atom is -0.477 e. The molecule has 0 aliphatic heterocycles. The summed E-state index contributed by atoms with van der Waals surface area (Å²) in [6.45, 7) is 0.776. The van der Waals surface area contributed by atoms with E-state index in [-0.39, 0.29) is 0 Å². The molecule has 3 aromatic rings. The van der Waals surface area contributed by atoms with E-state index in [9.17, 15) is 4.79 Å². The fourth-order valence-corrected chi connectivity index (χ4v) is 2.96. The van der Waals surface area contributed by atoms with Gasteiger partial charge in [-0.3, -0.25) is 4.40 Å². The molecule has 0 saturated carbocycles. The van der Waals surface area contributed by atoms with Crippen molar-refractivity contribution in [2.45, 2.75) is 6.54 Å². The van der Waals surface area contributed by atoms with Crippen LogP contribution in [0.25, 0.3) is 16.2 Å². The summed E-state index contributed by atoms with van der Waals surface area (Å²) in [7, 11) is 1.90. The Kier molecular flexibility index (Phi) is 3.25. The van der Waals surface area contributed by atoms with Gasteiger partial charge in [0.25, 0.3) is 0 Å². The second kappa shape index (κ2) is 5.07. The molecule has 0 saturated heterocycles. The lowest BCUT2D eigenvalue weighted by atomic mass is 10.3. The number of carboxylic acid groups (broad SMARTS) is 1. The summed E-state index contributed by atoms with van der Waals surface area (Å²) in [6.07, 6.45) is 3.80. The SMILES string of the molecule is CNCc1ccc2ncc(-c3ccc(C(=O)O)s3)n2c1. The Morgan fingerprint density at radius 3 is 2.95 bits per heavy atom. The van der Waals surface area contributed by atoms with Crippen molar-refractivity contribution in [3.63, 3.8) is 0 Å². The van der Waals surface area contributed by atoms with E-state index in [4.69, 9.17) is 5.11 Å². The van der Waals surface area contributed by atoms with Gasteiger partial charge in [-0.2, -0.15) is 0 Å². The predicted molar refractivity (Wildman–Crippen MR) is 78.2 cm³/mol. The van der Waals surface area contributed by atoms with E-state index in [0.717, 1.165) is 28.3 Å². The molecule has 0 aliphatic rings. The van der Waals surface area contributed by atoms with Crippen molar-refractivity contribution >= 4 is 23.0 Å². The fraction of sp³-hybridized carbons (Fsp3) is 0.143. The highest BCUT2D eigenvalue weighted by Gasteiger charge is 2.12. The molecular weight excluding hydrogens is 274 g/mol. The van der Waals surface area contributed by atoms with E-state index >= 15 is 0 Å². The largest absolute Gasteiger partial charge is 0.477 e. The zero-order valence-corrected chi connectivity index (χ0v) is 11.6. The quantitative estimate of drug-likeness (QED) is 0.773. The molecule has 3 aromatic heterocycles. The first-order valence-electron chi connectivity index (χ1n) is 6.13. The summed E-state index contributed by atoms with van der Waals surface area (Å²) in [5.41, 5.74) is 2.91. The van der Waals surface area contributed by atoms with Crippen LogP contribution in [0.1, 0.15) is 15.2 Å². The molecule has 0 amide bonds. The number of rotatable bonds is 4. The maximum Gasteiger partial charge on any atom is 0.345 e. The normalized spacial score (nSPS) is 11.1. The lowest BCUT2D eigenvalue weighted by molar-refractivity contribution is 0.0702. The first kappa shape index (κ1) is 12.8. The molecule has 0 spiro atoms. The number of carbonyl (C=O) groups is 1. The van der Waals surface area contributed by atoms with Crippen LogP contribution < -0.4 is 5.32 Å². The van der Waals surface area contributed by atoms with Crippen molar-refractivity contribution in [3.05, 3.63) is 47.1 Å². The van der Waals surface area contributed by atoms with Gasteiger partial charge in [0, 0.05) is 12.7 Å². The molecular formula is C14H13N3O2S. The van der Waals surface area contributed by atoms with Gasteiger partial charge in [-0.25, -0.2) is 9.78 Å². The van der Waals surface area contributed by atoms with E-state index in [1.54, 1.807) is 12.3 Å². The fourth-order valence-electron chi connectivity index (χ4n) is 2.11. The smallest absolute Gasteiger partial charge is 0.345 e. The van der Waals surface area contributed by atoms with Crippen molar-refractivity contribution in [3.8, 4) is 10.6 Å². The molecule has 102 valence electrons. The van der Waals surface area contributed by atoms with Crippen LogP contribution in [-0.4, -0.2) is 27.5 Å². The van der Waals surface area contributed by atoms with Crippen LogP contribution in [0.3, 0.4) is 0 Å². The third-order valence-electron chi connectivity index (χ3n) is 3.02. The number of pyridine rings is 1. The van der Waals surface area contributed by atoms with E-state index in [2.05, 4.69) is 10.3 Å². The average molecular weight is 287 g/mol. The van der Waals surface area contributed by atoms with Gasteiger partial charge in [-0.05, 0) is 30.8 Å². The van der Waals surface area contributed by atoms with Crippen LogP contribution >= 0.6 is 11.3 Å². The van der Waals surface area contributed by atoms with E-state index in [0.29, 0.717) is 4.88 Å². The Hall–Kier alpha value is -2.18. The average Bonchev–Trinajstić information content (AvgIpc) is 3.04. The van der Waals surface area contributed by atoms with Crippen LogP contribution in [0, 0.1) is 0 Å². The standard InChI is InChI=1S/C14H13N3O2S/c1-15-6-9-2-5-13-16-7-10(17(13)8-9)11-3-4-12(20-11)14(18)19/h2-5,7-8,15H,6H2,1H3,(H,18,19). The monoisotopic (exact) mass is 287 g/mol. The van der Waals surface area contributed by atoms with Crippen LogP contribution in [0.15, 0.2) is 36.7 Å². The highest BCUT2D eigenvalue weighted by molar-refractivity contribution is 7.17. The second-order valence-electron chi connectivity index (χ2n) is 4.41. The minimum atomic E-state index is -0.897.